The van der Waals surface area contributed by atoms with E-state index < -0.39 is 0 Å². The Bertz CT molecular complexity index is 642. The van der Waals surface area contributed by atoms with Crippen molar-refractivity contribution in [3.05, 3.63) is 35.7 Å². The van der Waals surface area contributed by atoms with Gasteiger partial charge in [0.2, 0.25) is 0 Å². The summed E-state index contributed by atoms with van der Waals surface area (Å²) in [4.78, 5) is 13.3. The van der Waals surface area contributed by atoms with Crippen LogP contribution >= 0.6 is 11.5 Å². The Labute approximate surface area is 146 Å². The highest BCUT2D eigenvalue weighted by Crippen LogP contribution is 2.41. The lowest BCUT2D eigenvalue weighted by atomic mass is 9.71. The van der Waals surface area contributed by atoms with Crippen LogP contribution in [-0.2, 0) is 6.54 Å². The summed E-state index contributed by atoms with van der Waals surface area (Å²) in [6, 6.07) is 0. The van der Waals surface area contributed by atoms with Crippen molar-refractivity contribution in [1.82, 2.24) is 19.2 Å². The van der Waals surface area contributed by atoms with E-state index >= 15 is 0 Å². The molecule has 0 aromatic carbocycles. The van der Waals surface area contributed by atoms with Gasteiger partial charge in [0.15, 0.2) is 0 Å². The van der Waals surface area contributed by atoms with E-state index in [1.807, 2.05) is 6.20 Å². The number of hydrogen-bond acceptors (Lipinski definition) is 7. The lowest BCUT2D eigenvalue weighted by Gasteiger charge is -2.49. The van der Waals surface area contributed by atoms with Crippen molar-refractivity contribution in [1.29, 1.82) is 0 Å². The molecule has 6 nitrogen and oxygen atoms in total. The molecule has 0 amide bonds. The summed E-state index contributed by atoms with van der Waals surface area (Å²) >= 11 is 1.52. The van der Waals surface area contributed by atoms with E-state index in [0.29, 0.717) is 6.54 Å². The van der Waals surface area contributed by atoms with E-state index in [0.717, 1.165) is 51.3 Å². The van der Waals surface area contributed by atoms with Gasteiger partial charge in [-0.2, -0.15) is 0 Å². The maximum absolute atomic E-state index is 10.4. The Morgan fingerprint density at radius 3 is 2.83 bits per heavy atom. The van der Waals surface area contributed by atoms with Crippen molar-refractivity contribution < 1.29 is 5.11 Å². The van der Waals surface area contributed by atoms with E-state index in [-0.39, 0.29) is 11.5 Å². The van der Waals surface area contributed by atoms with Gasteiger partial charge in [0.25, 0.3) is 0 Å². The number of rotatable bonds is 3. The first kappa shape index (κ1) is 15.9. The molecule has 4 heterocycles. The standard InChI is InChI=1S/C17H23N5OS/c23-15-7-17(13-22(11-15)16-9-18-3-4-19-16)1-5-21(6-2-17)10-14-8-20-24-12-14/h3-4,8-9,12,15,23H,1-2,5-7,10-11,13H2. The van der Waals surface area contributed by atoms with Crippen LogP contribution in [0.4, 0.5) is 5.82 Å². The summed E-state index contributed by atoms with van der Waals surface area (Å²) < 4.78 is 4.19. The van der Waals surface area contributed by atoms with Crippen LogP contribution in [0, 0.1) is 5.41 Å². The minimum absolute atomic E-state index is 0.193. The van der Waals surface area contributed by atoms with Gasteiger partial charge in [-0.25, -0.2) is 9.36 Å². The van der Waals surface area contributed by atoms with Crippen molar-refractivity contribution in [3.8, 4) is 0 Å². The van der Waals surface area contributed by atoms with Crippen molar-refractivity contribution in [3.63, 3.8) is 0 Å². The first-order chi connectivity index (χ1) is 11.7. The Morgan fingerprint density at radius 1 is 1.25 bits per heavy atom. The highest BCUT2D eigenvalue weighted by molar-refractivity contribution is 7.03. The van der Waals surface area contributed by atoms with Gasteiger partial charge >= 0.3 is 0 Å². The third-order valence-electron chi connectivity index (χ3n) is 5.31. The Balaban J connectivity index is 1.41. The number of aliphatic hydroxyl groups is 1. The molecular weight excluding hydrogens is 322 g/mol. The number of hydrogen-bond donors (Lipinski definition) is 1. The summed E-state index contributed by atoms with van der Waals surface area (Å²) in [5.74, 6) is 0.877. The van der Waals surface area contributed by atoms with Crippen molar-refractivity contribution in [2.45, 2.75) is 31.9 Å². The van der Waals surface area contributed by atoms with Crippen molar-refractivity contribution >= 4 is 17.4 Å². The van der Waals surface area contributed by atoms with E-state index in [2.05, 4.69) is 29.5 Å². The molecule has 2 aliphatic rings. The number of anilines is 1. The quantitative estimate of drug-likeness (QED) is 0.915. The predicted molar refractivity (Wildman–Crippen MR) is 93.9 cm³/mol. The molecule has 1 spiro atoms. The fourth-order valence-electron chi connectivity index (χ4n) is 4.09. The molecule has 128 valence electrons. The molecule has 2 aliphatic heterocycles. The average molecular weight is 345 g/mol. The van der Waals surface area contributed by atoms with Crippen LogP contribution in [-0.4, -0.2) is 56.6 Å². The SMILES string of the molecule is OC1CN(c2cnccn2)CC2(CCN(Cc3cnsc3)CC2)C1. The van der Waals surface area contributed by atoms with Crippen molar-refractivity contribution in [2.75, 3.05) is 31.1 Å². The van der Waals surface area contributed by atoms with Crippen LogP contribution in [0.1, 0.15) is 24.8 Å². The van der Waals surface area contributed by atoms with Gasteiger partial charge in [0, 0.05) is 43.6 Å². The molecule has 2 saturated heterocycles. The van der Waals surface area contributed by atoms with Crippen LogP contribution in [0.5, 0.6) is 0 Å². The number of aliphatic hydroxyl groups excluding tert-OH is 1. The second-order valence-electron chi connectivity index (χ2n) is 7.11. The van der Waals surface area contributed by atoms with Crippen LogP contribution in [0.25, 0.3) is 0 Å². The summed E-state index contributed by atoms with van der Waals surface area (Å²) in [7, 11) is 0. The average Bonchev–Trinajstić information content (AvgIpc) is 3.10. The third-order valence-corrected chi connectivity index (χ3v) is 5.94. The van der Waals surface area contributed by atoms with E-state index in [9.17, 15) is 5.11 Å². The zero-order valence-electron chi connectivity index (χ0n) is 13.7. The molecule has 2 fully saturated rings. The predicted octanol–water partition coefficient (Wildman–Crippen LogP) is 1.79. The fourth-order valence-corrected chi connectivity index (χ4v) is 4.62. The largest absolute Gasteiger partial charge is 0.391 e. The van der Waals surface area contributed by atoms with Gasteiger partial charge < -0.3 is 10.0 Å². The summed E-state index contributed by atoms with van der Waals surface area (Å²) in [5.41, 5.74) is 1.50. The van der Waals surface area contributed by atoms with Gasteiger partial charge in [-0.05, 0) is 54.9 Å². The third kappa shape index (κ3) is 3.43. The zero-order chi connectivity index (χ0) is 16.4. The number of nitrogens with zero attached hydrogens (tertiary/aromatic N) is 5. The van der Waals surface area contributed by atoms with Gasteiger partial charge in [-0.1, -0.05) is 0 Å². The normalized spacial score (nSPS) is 24.4. The maximum atomic E-state index is 10.4. The first-order valence-corrected chi connectivity index (χ1v) is 9.36. The summed E-state index contributed by atoms with van der Waals surface area (Å²) in [6.07, 6.45) is 10.0. The van der Waals surface area contributed by atoms with E-state index in [1.165, 1.54) is 17.1 Å². The molecule has 0 aliphatic carbocycles. The highest BCUT2D eigenvalue weighted by atomic mass is 32.1. The second-order valence-corrected chi connectivity index (χ2v) is 7.77. The van der Waals surface area contributed by atoms with Gasteiger partial charge in [0.05, 0.1) is 12.3 Å². The first-order valence-electron chi connectivity index (χ1n) is 8.52. The molecule has 0 saturated carbocycles. The molecule has 1 unspecified atom stereocenters. The molecule has 7 heteroatoms. The molecule has 0 bridgehead atoms. The molecule has 2 aromatic heterocycles. The van der Waals surface area contributed by atoms with Crippen LogP contribution in [0.2, 0.25) is 0 Å². The number of likely N-dealkylation sites (tertiary alicyclic amines) is 1. The Morgan fingerprint density at radius 2 is 2.12 bits per heavy atom. The highest BCUT2D eigenvalue weighted by Gasteiger charge is 2.41. The second kappa shape index (κ2) is 6.74. The van der Waals surface area contributed by atoms with Crippen molar-refractivity contribution in [2.24, 2.45) is 5.41 Å². The van der Waals surface area contributed by atoms with E-state index in [1.54, 1.807) is 18.6 Å². The van der Waals surface area contributed by atoms with Gasteiger partial charge in [0.1, 0.15) is 5.82 Å². The lowest BCUT2D eigenvalue weighted by molar-refractivity contribution is 0.0244. The van der Waals surface area contributed by atoms with Gasteiger partial charge in [-0.15, -0.1) is 0 Å². The number of β-amino-alcohol motifs (C(OH)–C–C–N with tert-alkyl or cyclic N) is 1. The maximum Gasteiger partial charge on any atom is 0.147 e. The minimum Gasteiger partial charge on any atom is -0.391 e. The molecular formula is C17H23N5OS. The van der Waals surface area contributed by atoms with Crippen LogP contribution in [0.3, 0.4) is 0 Å². The fraction of sp³-hybridized carbons (Fsp3) is 0.588. The molecule has 0 radical (unpaired) electrons. The molecule has 1 atom stereocenters. The monoisotopic (exact) mass is 345 g/mol. The number of piperidine rings is 2. The van der Waals surface area contributed by atoms with E-state index in [4.69, 9.17) is 0 Å². The summed E-state index contributed by atoms with van der Waals surface area (Å²) in [5, 5.41) is 12.6. The topological polar surface area (TPSA) is 65.4 Å². The Hall–Kier alpha value is -1.57. The summed E-state index contributed by atoms with van der Waals surface area (Å²) in [6.45, 7) is 4.78. The molecule has 1 N–H and O–H groups in total. The number of aromatic nitrogens is 3. The zero-order valence-corrected chi connectivity index (χ0v) is 14.5. The lowest BCUT2D eigenvalue weighted by Crippen LogP contribution is -2.54. The molecule has 24 heavy (non-hydrogen) atoms. The molecule has 4 rings (SSSR count). The smallest absolute Gasteiger partial charge is 0.147 e. The minimum atomic E-state index is -0.284. The van der Waals surface area contributed by atoms with Gasteiger partial charge in [-0.3, -0.25) is 9.88 Å². The molecule has 2 aromatic rings. The van der Waals surface area contributed by atoms with Crippen LogP contribution < -0.4 is 4.90 Å². The van der Waals surface area contributed by atoms with Crippen LogP contribution in [0.15, 0.2) is 30.2 Å². The Kier molecular flexibility index (Phi) is 4.47.